The van der Waals surface area contributed by atoms with Gasteiger partial charge in [-0.15, -0.1) is 11.8 Å². The van der Waals surface area contributed by atoms with Gasteiger partial charge in [0.2, 0.25) is 0 Å². The van der Waals surface area contributed by atoms with Gasteiger partial charge in [0.25, 0.3) is 0 Å². The highest BCUT2D eigenvalue weighted by molar-refractivity contribution is 7.98. The van der Waals surface area contributed by atoms with Crippen molar-refractivity contribution in [2.24, 2.45) is 0 Å². The molecule has 0 N–H and O–H groups in total. The summed E-state index contributed by atoms with van der Waals surface area (Å²) in [5.41, 5.74) is 2.04. The maximum Gasteiger partial charge on any atom is 0.0406 e. The maximum absolute atomic E-state index is 5.82. The quantitative estimate of drug-likeness (QED) is 0.538. The molecule has 0 aliphatic heterocycles. The highest BCUT2D eigenvalue weighted by atomic mass is 35.5. The van der Waals surface area contributed by atoms with Crippen LogP contribution in [0.4, 0.5) is 0 Å². The maximum atomic E-state index is 5.82. The molecule has 17 heavy (non-hydrogen) atoms. The lowest BCUT2D eigenvalue weighted by Crippen LogP contribution is -1.79. The van der Waals surface area contributed by atoms with Gasteiger partial charge < -0.3 is 0 Å². The van der Waals surface area contributed by atoms with Crippen molar-refractivity contribution in [3.63, 3.8) is 0 Å². The van der Waals surface area contributed by atoms with Crippen LogP contribution in [0.15, 0.2) is 53.4 Å². The molecule has 2 aromatic carbocycles. The summed E-state index contributed by atoms with van der Waals surface area (Å²) in [6.07, 6.45) is 2.06. The van der Waals surface area contributed by atoms with Crippen LogP contribution in [0.2, 0.25) is 5.02 Å². The summed E-state index contributed by atoms with van der Waals surface area (Å²) in [5.74, 6) is 6.33. The minimum absolute atomic E-state index is 0.736. The Balaban J connectivity index is 2.29. The first-order valence-electron chi connectivity index (χ1n) is 5.20. The summed E-state index contributed by atoms with van der Waals surface area (Å²) in [4.78, 5) is 1.20. The van der Waals surface area contributed by atoms with Crippen molar-refractivity contribution in [1.82, 2.24) is 0 Å². The minimum Gasteiger partial charge on any atom is -0.128 e. The highest BCUT2D eigenvalue weighted by Crippen LogP contribution is 2.18. The molecule has 84 valence electrons. The number of thioether (sulfide) groups is 1. The van der Waals surface area contributed by atoms with E-state index in [9.17, 15) is 0 Å². The fourth-order valence-electron chi connectivity index (χ4n) is 1.42. The fraction of sp³-hybridized carbons (Fsp3) is 0.0667. The molecule has 0 heterocycles. The molecule has 0 amide bonds. The van der Waals surface area contributed by atoms with E-state index in [1.165, 1.54) is 4.90 Å². The number of hydrogen-bond acceptors (Lipinski definition) is 1. The average molecular weight is 259 g/mol. The Morgan fingerprint density at radius 2 is 1.65 bits per heavy atom. The van der Waals surface area contributed by atoms with E-state index in [0.717, 1.165) is 16.1 Å². The Hall–Kier alpha value is -1.36. The predicted octanol–water partition coefficient (Wildman–Crippen LogP) is 4.46. The number of halogens is 1. The summed E-state index contributed by atoms with van der Waals surface area (Å²) >= 11 is 7.53. The Labute approximate surface area is 111 Å². The summed E-state index contributed by atoms with van der Waals surface area (Å²) in [5, 5.41) is 0.736. The van der Waals surface area contributed by atoms with Crippen molar-refractivity contribution in [2.45, 2.75) is 4.90 Å². The second-order valence-corrected chi connectivity index (χ2v) is 4.74. The van der Waals surface area contributed by atoms with E-state index in [-0.39, 0.29) is 0 Å². The monoisotopic (exact) mass is 258 g/mol. The molecule has 0 fully saturated rings. The molecule has 0 aromatic heterocycles. The predicted molar refractivity (Wildman–Crippen MR) is 75.7 cm³/mol. The summed E-state index contributed by atoms with van der Waals surface area (Å²) < 4.78 is 0. The minimum atomic E-state index is 0.736. The van der Waals surface area contributed by atoms with Crippen molar-refractivity contribution in [2.75, 3.05) is 6.26 Å². The van der Waals surface area contributed by atoms with Gasteiger partial charge in [0.05, 0.1) is 0 Å². The van der Waals surface area contributed by atoms with Crippen LogP contribution in [0.1, 0.15) is 11.1 Å². The molecule has 0 saturated carbocycles. The van der Waals surface area contributed by atoms with Crippen molar-refractivity contribution >= 4 is 23.4 Å². The summed E-state index contributed by atoms with van der Waals surface area (Å²) in [6, 6.07) is 15.7. The third-order valence-electron chi connectivity index (χ3n) is 2.29. The molecule has 0 radical (unpaired) electrons. The Bertz CT molecular complexity index is 561. The molecule has 0 saturated heterocycles. The summed E-state index contributed by atoms with van der Waals surface area (Å²) in [7, 11) is 0. The van der Waals surface area contributed by atoms with Gasteiger partial charge in [-0.3, -0.25) is 0 Å². The van der Waals surface area contributed by atoms with Crippen LogP contribution in [-0.4, -0.2) is 6.26 Å². The third kappa shape index (κ3) is 3.30. The van der Waals surface area contributed by atoms with E-state index in [4.69, 9.17) is 11.6 Å². The van der Waals surface area contributed by atoms with E-state index in [1.807, 2.05) is 42.5 Å². The molecular formula is C15H11ClS. The van der Waals surface area contributed by atoms with Gasteiger partial charge >= 0.3 is 0 Å². The van der Waals surface area contributed by atoms with Gasteiger partial charge in [-0.2, -0.15) is 0 Å². The van der Waals surface area contributed by atoms with Crippen LogP contribution in [0, 0.1) is 11.8 Å². The van der Waals surface area contributed by atoms with E-state index >= 15 is 0 Å². The molecule has 0 aliphatic rings. The zero-order valence-corrected chi connectivity index (χ0v) is 11.0. The molecule has 0 aliphatic carbocycles. The zero-order chi connectivity index (χ0) is 12.1. The van der Waals surface area contributed by atoms with Gasteiger partial charge in [0.15, 0.2) is 0 Å². The number of benzene rings is 2. The zero-order valence-electron chi connectivity index (χ0n) is 9.41. The lowest BCUT2D eigenvalue weighted by molar-refractivity contribution is 1.42. The van der Waals surface area contributed by atoms with Crippen molar-refractivity contribution < 1.29 is 0 Å². The topological polar surface area (TPSA) is 0 Å². The normalized spacial score (nSPS) is 9.53. The van der Waals surface area contributed by atoms with Gasteiger partial charge in [-0.25, -0.2) is 0 Å². The molecule has 0 unspecified atom stereocenters. The second kappa shape index (κ2) is 5.82. The lowest BCUT2D eigenvalue weighted by atomic mass is 10.2. The third-order valence-corrected chi connectivity index (χ3v) is 3.34. The van der Waals surface area contributed by atoms with E-state index < -0.39 is 0 Å². The largest absolute Gasteiger partial charge is 0.128 e. The molecular weight excluding hydrogens is 248 g/mol. The average Bonchev–Trinajstić information content (AvgIpc) is 2.38. The van der Waals surface area contributed by atoms with Gasteiger partial charge in [0.1, 0.15) is 0 Å². The van der Waals surface area contributed by atoms with Crippen LogP contribution in [0.25, 0.3) is 0 Å². The van der Waals surface area contributed by atoms with Crippen LogP contribution in [-0.2, 0) is 0 Å². The smallest absolute Gasteiger partial charge is 0.0406 e. The Kier molecular flexibility index (Phi) is 4.14. The van der Waals surface area contributed by atoms with E-state index in [0.29, 0.717) is 0 Å². The van der Waals surface area contributed by atoms with Gasteiger partial charge in [0, 0.05) is 21.0 Å². The van der Waals surface area contributed by atoms with Crippen LogP contribution >= 0.6 is 23.4 Å². The number of rotatable bonds is 1. The standard InChI is InChI=1S/C15H11ClS/c1-17-15-5-3-2-4-13(15)9-6-12-7-10-14(16)11-8-12/h2-5,7-8,10-11H,1H3. The van der Waals surface area contributed by atoms with Crippen molar-refractivity contribution in [3.05, 3.63) is 64.7 Å². The van der Waals surface area contributed by atoms with E-state index in [2.05, 4.69) is 24.2 Å². The molecule has 2 rings (SSSR count). The van der Waals surface area contributed by atoms with Gasteiger partial charge in [-0.05, 0) is 42.7 Å². The molecule has 0 nitrogen and oxygen atoms in total. The molecule has 2 heteroatoms. The van der Waals surface area contributed by atoms with Crippen LogP contribution in [0.5, 0.6) is 0 Å². The molecule has 0 atom stereocenters. The first-order chi connectivity index (χ1) is 8.29. The van der Waals surface area contributed by atoms with Crippen LogP contribution in [0.3, 0.4) is 0 Å². The van der Waals surface area contributed by atoms with Crippen molar-refractivity contribution in [1.29, 1.82) is 0 Å². The van der Waals surface area contributed by atoms with Crippen LogP contribution < -0.4 is 0 Å². The molecule has 0 bridgehead atoms. The van der Waals surface area contributed by atoms with E-state index in [1.54, 1.807) is 11.8 Å². The Morgan fingerprint density at radius 3 is 2.35 bits per heavy atom. The fourth-order valence-corrected chi connectivity index (χ4v) is 2.10. The summed E-state index contributed by atoms with van der Waals surface area (Å²) in [6.45, 7) is 0. The first kappa shape index (κ1) is 12.1. The SMILES string of the molecule is CSc1ccccc1C#Cc1ccc(Cl)cc1. The Morgan fingerprint density at radius 1 is 0.941 bits per heavy atom. The molecule has 2 aromatic rings. The lowest BCUT2D eigenvalue weighted by Gasteiger charge is -1.98. The highest BCUT2D eigenvalue weighted by Gasteiger charge is 1.95. The second-order valence-electron chi connectivity index (χ2n) is 3.46. The first-order valence-corrected chi connectivity index (χ1v) is 6.80. The van der Waals surface area contributed by atoms with Crippen molar-refractivity contribution in [3.8, 4) is 11.8 Å². The van der Waals surface area contributed by atoms with Gasteiger partial charge in [-0.1, -0.05) is 35.6 Å². The number of hydrogen-bond donors (Lipinski definition) is 0. The molecule has 0 spiro atoms.